The van der Waals surface area contributed by atoms with E-state index in [9.17, 15) is 5.11 Å². The fraction of sp³-hybridized carbons (Fsp3) is 0.500. The number of aliphatic hydroxyl groups excluding tert-OH is 1. The summed E-state index contributed by atoms with van der Waals surface area (Å²) < 4.78 is 2.00. The smallest absolute Gasteiger partial charge is 0.191 e. The Kier molecular flexibility index (Phi) is 7.21. The number of guanidine groups is 1. The number of hydrogen-bond acceptors (Lipinski definition) is 3. The third kappa shape index (κ3) is 6.19. The molecular weight excluding hydrogens is 326 g/mol. The first-order chi connectivity index (χ1) is 12.4. The normalized spacial score (nSPS) is 13.5. The van der Waals surface area contributed by atoms with Gasteiger partial charge >= 0.3 is 0 Å². The second-order valence-electron chi connectivity index (χ2n) is 7.33. The van der Waals surface area contributed by atoms with Crippen LogP contribution in [0.25, 0.3) is 0 Å². The van der Waals surface area contributed by atoms with Crippen molar-refractivity contribution in [3.63, 3.8) is 0 Å². The van der Waals surface area contributed by atoms with Gasteiger partial charge < -0.3 is 20.3 Å². The van der Waals surface area contributed by atoms with E-state index >= 15 is 0 Å². The first-order valence-corrected chi connectivity index (χ1v) is 9.16. The minimum Gasteiger partial charge on any atom is -0.386 e. The lowest BCUT2D eigenvalue weighted by Crippen LogP contribution is -2.39. The zero-order valence-corrected chi connectivity index (χ0v) is 16.2. The molecule has 1 aromatic heterocycles. The summed E-state index contributed by atoms with van der Waals surface area (Å²) in [6.07, 6.45) is 4.86. The van der Waals surface area contributed by atoms with Gasteiger partial charge in [-0.05, 0) is 23.5 Å². The summed E-state index contributed by atoms with van der Waals surface area (Å²) in [5.41, 5.74) is 2.25. The minimum absolute atomic E-state index is 0.110. The van der Waals surface area contributed by atoms with E-state index < -0.39 is 6.10 Å². The molecule has 0 aliphatic heterocycles. The highest BCUT2D eigenvalue weighted by Crippen LogP contribution is 2.24. The average Bonchev–Trinajstić information content (AvgIpc) is 3.12. The molecule has 1 heterocycles. The van der Waals surface area contributed by atoms with Gasteiger partial charge in [-0.15, -0.1) is 0 Å². The van der Waals surface area contributed by atoms with Gasteiger partial charge in [0.2, 0.25) is 0 Å². The maximum atomic E-state index is 10.4. The molecule has 2 aromatic rings. The van der Waals surface area contributed by atoms with Crippen LogP contribution in [0.2, 0.25) is 0 Å². The van der Waals surface area contributed by atoms with E-state index in [4.69, 9.17) is 0 Å². The Balaban J connectivity index is 1.90. The second kappa shape index (κ2) is 9.38. The van der Waals surface area contributed by atoms with Crippen LogP contribution in [0.1, 0.15) is 44.9 Å². The lowest BCUT2D eigenvalue weighted by atomic mass is 9.86. The van der Waals surface area contributed by atoms with Gasteiger partial charge in [0.1, 0.15) is 0 Å². The summed E-state index contributed by atoms with van der Waals surface area (Å²) in [5.74, 6) is 0.706. The molecule has 0 spiro atoms. The highest BCUT2D eigenvalue weighted by molar-refractivity contribution is 5.79. The van der Waals surface area contributed by atoms with E-state index in [1.54, 1.807) is 12.5 Å². The van der Waals surface area contributed by atoms with Gasteiger partial charge in [-0.1, -0.05) is 45.0 Å². The van der Waals surface area contributed by atoms with Crippen LogP contribution < -0.4 is 10.6 Å². The molecule has 26 heavy (non-hydrogen) atoms. The number of rotatable bonds is 7. The summed E-state index contributed by atoms with van der Waals surface area (Å²) in [6.45, 7) is 11.2. The molecule has 1 unspecified atom stereocenters. The Bertz CT molecular complexity index is 671. The standard InChI is InChI=1S/C20H31N5O/c1-5-22-19(23-11-13-25-12-10-21-15-25)24-14-18(26)16-6-8-17(9-7-16)20(2,3)4/h6-10,12,15,18,26H,5,11,13-14H2,1-4H3,(H2,22,23,24). The Morgan fingerprint density at radius 2 is 1.96 bits per heavy atom. The van der Waals surface area contributed by atoms with Crippen LogP contribution in [-0.4, -0.2) is 40.3 Å². The van der Waals surface area contributed by atoms with E-state index in [0.717, 1.165) is 25.2 Å². The van der Waals surface area contributed by atoms with Crippen molar-refractivity contribution < 1.29 is 5.11 Å². The number of nitrogens with one attached hydrogen (secondary N) is 2. The third-order valence-corrected chi connectivity index (χ3v) is 4.15. The van der Waals surface area contributed by atoms with Crippen molar-refractivity contribution in [1.29, 1.82) is 0 Å². The average molecular weight is 358 g/mol. The Morgan fingerprint density at radius 1 is 1.23 bits per heavy atom. The molecule has 6 nitrogen and oxygen atoms in total. The van der Waals surface area contributed by atoms with E-state index in [1.165, 1.54) is 5.56 Å². The van der Waals surface area contributed by atoms with E-state index in [1.807, 2.05) is 29.8 Å². The summed E-state index contributed by atoms with van der Waals surface area (Å²) in [6, 6.07) is 8.13. The topological polar surface area (TPSA) is 74.5 Å². The lowest BCUT2D eigenvalue weighted by molar-refractivity contribution is 0.187. The molecule has 3 N–H and O–H groups in total. The molecule has 0 saturated carbocycles. The number of aliphatic hydroxyl groups is 1. The van der Waals surface area contributed by atoms with Gasteiger partial charge in [-0.2, -0.15) is 0 Å². The fourth-order valence-corrected chi connectivity index (χ4v) is 2.55. The van der Waals surface area contributed by atoms with Crippen LogP contribution in [0, 0.1) is 0 Å². The third-order valence-electron chi connectivity index (χ3n) is 4.15. The number of benzene rings is 1. The van der Waals surface area contributed by atoms with Gasteiger partial charge in [0.25, 0.3) is 0 Å². The Hall–Kier alpha value is -2.34. The zero-order chi connectivity index (χ0) is 19.0. The van der Waals surface area contributed by atoms with Crippen LogP contribution in [0.3, 0.4) is 0 Å². The van der Waals surface area contributed by atoms with Crippen molar-refractivity contribution in [2.75, 3.05) is 19.6 Å². The molecule has 0 aliphatic carbocycles. The first-order valence-electron chi connectivity index (χ1n) is 9.16. The molecule has 0 amide bonds. The van der Waals surface area contributed by atoms with E-state index in [0.29, 0.717) is 12.5 Å². The summed E-state index contributed by atoms with van der Waals surface area (Å²) in [5, 5.41) is 16.9. The number of imidazole rings is 1. The van der Waals surface area contributed by atoms with Crippen molar-refractivity contribution in [2.45, 2.75) is 45.8 Å². The van der Waals surface area contributed by atoms with Gasteiger partial charge in [0.05, 0.1) is 19.0 Å². The minimum atomic E-state index is -0.617. The predicted octanol–water partition coefficient (Wildman–Crippen LogP) is 2.47. The van der Waals surface area contributed by atoms with E-state index in [-0.39, 0.29) is 5.41 Å². The maximum absolute atomic E-state index is 10.4. The van der Waals surface area contributed by atoms with Crippen molar-refractivity contribution in [3.05, 3.63) is 54.1 Å². The lowest BCUT2D eigenvalue weighted by Gasteiger charge is -2.20. The largest absolute Gasteiger partial charge is 0.386 e. The van der Waals surface area contributed by atoms with E-state index in [2.05, 4.69) is 53.5 Å². The molecular formula is C20H31N5O. The molecule has 1 aromatic carbocycles. The van der Waals surface area contributed by atoms with Crippen molar-refractivity contribution in [2.24, 2.45) is 4.99 Å². The molecule has 2 rings (SSSR count). The van der Waals surface area contributed by atoms with Gasteiger partial charge in [0, 0.05) is 32.0 Å². The molecule has 0 radical (unpaired) electrons. The summed E-state index contributed by atoms with van der Waals surface area (Å²) in [7, 11) is 0. The van der Waals surface area contributed by atoms with Gasteiger partial charge in [0.15, 0.2) is 5.96 Å². The Labute approximate surface area is 156 Å². The van der Waals surface area contributed by atoms with Crippen LogP contribution in [0.5, 0.6) is 0 Å². The molecule has 0 fully saturated rings. The molecule has 0 bridgehead atoms. The van der Waals surface area contributed by atoms with Crippen LogP contribution >= 0.6 is 0 Å². The molecule has 0 aliphatic rings. The molecule has 1 atom stereocenters. The number of hydrogen-bond donors (Lipinski definition) is 3. The monoisotopic (exact) mass is 357 g/mol. The fourth-order valence-electron chi connectivity index (χ4n) is 2.55. The van der Waals surface area contributed by atoms with Crippen molar-refractivity contribution >= 4 is 5.96 Å². The summed E-state index contributed by atoms with van der Waals surface area (Å²) >= 11 is 0. The molecule has 142 valence electrons. The van der Waals surface area contributed by atoms with Crippen LogP contribution in [0.4, 0.5) is 0 Å². The van der Waals surface area contributed by atoms with Crippen molar-refractivity contribution in [3.8, 4) is 0 Å². The predicted molar refractivity (Wildman–Crippen MR) is 106 cm³/mol. The number of aliphatic imine (C=N–C) groups is 1. The zero-order valence-electron chi connectivity index (χ0n) is 16.2. The maximum Gasteiger partial charge on any atom is 0.191 e. The van der Waals surface area contributed by atoms with Gasteiger partial charge in [-0.25, -0.2) is 4.98 Å². The van der Waals surface area contributed by atoms with Crippen LogP contribution in [-0.2, 0) is 12.0 Å². The number of aromatic nitrogens is 2. The highest BCUT2D eigenvalue weighted by Gasteiger charge is 2.14. The van der Waals surface area contributed by atoms with Gasteiger partial charge in [-0.3, -0.25) is 4.99 Å². The molecule has 6 heteroatoms. The highest BCUT2D eigenvalue weighted by atomic mass is 16.3. The first kappa shape index (κ1) is 20.0. The van der Waals surface area contributed by atoms with Crippen molar-refractivity contribution in [1.82, 2.24) is 20.2 Å². The van der Waals surface area contributed by atoms with Crippen LogP contribution in [0.15, 0.2) is 48.0 Å². The summed E-state index contributed by atoms with van der Waals surface area (Å²) in [4.78, 5) is 8.53. The second-order valence-corrected chi connectivity index (χ2v) is 7.33. The SMILES string of the molecule is CCNC(=NCC(O)c1ccc(C(C)(C)C)cc1)NCCn1ccnc1. The molecule has 0 saturated heterocycles. The quantitative estimate of drug-likeness (QED) is 0.526. The number of nitrogens with zero attached hydrogens (tertiary/aromatic N) is 3. The Morgan fingerprint density at radius 3 is 2.54 bits per heavy atom.